The molecule has 0 spiro atoms. The summed E-state index contributed by atoms with van der Waals surface area (Å²) in [7, 11) is 0. The number of anilines is 1. The molecule has 124 valence electrons. The van der Waals surface area contributed by atoms with Gasteiger partial charge in [0.25, 0.3) is 0 Å². The molecule has 0 saturated heterocycles. The Labute approximate surface area is 150 Å². The number of rotatable bonds is 5. The number of thiophene rings is 1. The molecule has 1 N–H and O–H groups in total. The standard InChI is InChI=1S/C21H17NO2S/c23-19(15-7-2-1-3-8-15)14-21(13-16-9-6-12-25-16)17-10-4-5-11-18(17)22-20(21)24/h1-12H,13-14H2,(H,22,24)/t21-/m0/s1. The van der Waals surface area contributed by atoms with E-state index in [-0.39, 0.29) is 18.1 Å². The van der Waals surface area contributed by atoms with Crippen molar-refractivity contribution in [2.75, 3.05) is 5.32 Å². The minimum Gasteiger partial charge on any atom is -0.325 e. The molecule has 25 heavy (non-hydrogen) atoms. The van der Waals surface area contributed by atoms with Gasteiger partial charge in [-0.3, -0.25) is 9.59 Å². The van der Waals surface area contributed by atoms with Gasteiger partial charge in [-0.25, -0.2) is 0 Å². The highest BCUT2D eigenvalue weighted by Crippen LogP contribution is 2.44. The molecule has 3 nitrogen and oxygen atoms in total. The number of ketones is 1. The highest BCUT2D eigenvalue weighted by Gasteiger charge is 2.48. The zero-order valence-electron chi connectivity index (χ0n) is 13.6. The van der Waals surface area contributed by atoms with E-state index in [1.807, 2.05) is 60.0 Å². The number of nitrogens with one attached hydrogen (secondary N) is 1. The van der Waals surface area contributed by atoms with Gasteiger partial charge >= 0.3 is 0 Å². The fourth-order valence-corrected chi connectivity index (χ4v) is 4.32. The fraction of sp³-hybridized carbons (Fsp3) is 0.143. The van der Waals surface area contributed by atoms with Crippen LogP contribution in [-0.4, -0.2) is 11.7 Å². The fourth-order valence-electron chi connectivity index (χ4n) is 3.50. The van der Waals surface area contributed by atoms with Gasteiger partial charge in [-0.05, 0) is 23.1 Å². The third-order valence-electron chi connectivity index (χ3n) is 4.74. The zero-order chi connectivity index (χ0) is 17.3. The number of fused-ring (bicyclic) bond motifs is 1. The Balaban J connectivity index is 1.77. The maximum atomic E-state index is 13.0. The lowest BCUT2D eigenvalue weighted by Crippen LogP contribution is -2.38. The van der Waals surface area contributed by atoms with E-state index >= 15 is 0 Å². The maximum Gasteiger partial charge on any atom is 0.235 e. The molecule has 1 amide bonds. The molecule has 0 fully saturated rings. The normalized spacial score (nSPS) is 18.6. The topological polar surface area (TPSA) is 46.2 Å². The lowest BCUT2D eigenvalue weighted by Gasteiger charge is -2.26. The first-order valence-electron chi connectivity index (χ1n) is 8.21. The average molecular weight is 347 g/mol. The second-order valence-electron chi connectivity index (χ2n) is 6.30. The maximum absolute atomic E-state index is 13.0. The molecule has 1 atom stereocenters. The summed E-state index contributed by atoms with van der Waals surface area (Å²) in [6, 6.07) is 20.9. The molecule has 4 rings (SSSR count). The van der Waals surface area contributed by atoms with Crippen LogP contribution in [-0.2, 0) is 16.6 Å². The van der Waals surface area contributed by atoms with Crippen LogP contribution in [0.5, 0.6) is 0 Å². The Kier molecular flexibility index (Phi) is 3.98. The van der Waals surface area contributed by atoms with Crippen LogP contribution in [0.4, 0.5) is 5.69 Å². The molecule has 1 aromatic heterocycles. The van der Waals surface area contributed by atoms with E-state index in [2.05, 4.69) is 5.32 Å². The summed E-state index contributed by atoms with van der Waals surface area (Å²) >= 11 is 1.62. The first-order valence-corrected chi connectivity index (χ1v) is 9.09. The summed E-state index contributed by atoms with van der Waals surface area (Å²) in [5.41, 5.74) is 1.52. The Bertz CT molecular complexity index is 918. The van der Waals surface area contributed by atoms with Crippen molar-refractivity contribution in [1.82, 2.24) is 0 Å². The largest absolute Gasteiger partial charge is 0.325 e. The molecule has 1 aliphatic heterocycles. The predicted molar refractivity (Wildman–Crippen MR) is 100 cm³/mol. The molecular formula is C21H17NO2S. The number of benzene rings is 2. The van der Waals surface area contributed by atoms with E-state index < -0.39 is 5.41 Å². The second-order valence-corrected chi connectivity index (χ2v) is 7.34. The lowest BCUT2D eigenvalue weighted by atomic mass is 9.73. The SMILES string of the molecule is O=C(C[C@]1(Cc2cccs2)C(=O)Nc2ccccc21)c1ccccc1. The van der Waals surface area contributed by atoms with Crippen LogP contribution in [0.1, 0.15) is 27.2 Å². The number of carbonyl (C=O) groups is 2. The zero-order valence-corrected chi connectivity index (χ0v) is 14.4. The van der Waals surface area contributed by atoms with Crippen LogP contribution in [0, 0.1) is 0 Å². The number of hydrogen-bond donors (Lipinski definition) is 1. The molecule has 2 aromatic carbocycles. The van der Waals surface area contributed by atoms with E-state index in [1.165, 1.54) is 0 Å². The third-order valence-corrected chi connectivity index (χ3v) is 5.62. The number of Topliss-reactive ketones (excluding diaryl/α,β-unsaturated/α-hetero) is 1. The van der Waals surface area contributed by atoms with Crippen LogP contribution in [0.15, 0.2) is 72.1 Å². The van der Waals surface area contributed by atoms with Gasteiger partial charge in [0, 0.05) is 29.0 Å². The van der Waals surface area contributed by atoms with Gasteiger partial charge in [-0.2, -0.15) is 0 Å². The summed E-state index contributed by atoms with van der Waals surface area (Å²) in [6.07, 6.45) is 0.698. The molecule has 1 aliphatic rings. The number of carbonyl (C=O) groups excluding carboxylic acids is 2. The van der Waals surface area contributed by atoms with E-state index in [9.17, 15) is 9.59 Å². The van der Waals surface area contributed by atoms with Gasteiger partial charge < -0.3 is 5.32 Å². The summed E-state index contributed by atoms with van der Waals surface area (Å²) in [5, 5.41) is 4.97. The van der Waals surface area contributed by atoms with Gasteiger partial charge in [-0.1, -0.05) is 54.6 Å². The minimum absolute atomic E-state index is 0.0102. The molecule has 0 unspecified atom stereocenters. The van der Waals surface area contributed by atoms with Gasteiger partial charge in [0.1, 0.15) is 0 Å². The van der Waals surface area contributed by atoms with Gasteiger partial charge in [0.15, 0.2) is 5.78 Å². The monoisotopic (exact) mass is 347 g/mol. The minimum atomic E-state index is -0.853. The Hall–Kier alpha value is -2.72. The van der Waals surface area contributed by atoms with Crippen molar-refractivity contribution in [3.63, 3.8) is 0 Å². The molecular weight excluding hydrogens is 330 g/mol. The molecule has 0 bridgehead atoms. The third kappa shape index (κ3) is 2.79. The Morgan fingerprint density at radius 2 is 1.72 bits per heavy atom. The van der Waals surface area contributed by atoms with Crippen LogP contribution in [0.25, 0.3) is 0 Å². The van der Waals surface area contributed by atoms with Gasteiger partial charge in [0.05, 0.1) is 5.41 Å². The molecule has 4 heteroatoms. The molecule has 3 aromatic rings. The van der Waals surface area contributed by atoms with Crippen molar-refractivity contribution in [2.45, 2.75) is 18.3 Å². The van der Waals surface area contributed by atoms with Crippen LogP contribution in [0.3, 0.4) is 0 Å². The van der Waals surface area contributed by atoms with Gasteiger partial charge in [-0.15, -0.1) is 11.3 Å². The quantitative estimate of drug-likeness (QED) is 0.693. The Morgan fingerprint density at radius 3 is 2.48 bits per heavy atom. The molecule has 0 aliphatic carbocycles. The summed E-state index contributed by atoms with van der Waals surface area (Å²) in [6.45, 7) is 0. The summed E-state index contributed by atoms with van der Waals surface area (Å²) in [4.78, 5) is 27.0. The summed E-state index contributed by atoms with van der Waals surface area (Å²) in [5.74, 6) is -0.101. The van der Waals surface area contributed by atoms with E-state index in [4.69, 9.17) is 0 Å². The average Bonchev–Trinajstić information content (AvgIpc) is 3.23. The van der Waals surface area contributed by atoms with Crippen LogP contribution < -0.4 is 5.32 Å². The van der Waals surface area contributed by atoms with Crippen molar-refractivity contribution in [1.29, 1.82) is 0 Å². The second kappa shape index (κ2) is 6.30. The van der Waals surface area contributed by atoms with Crippen molar-refractivity contribution in [3.05, 3.63) is 88.1 Å². The van der Waals surface area contributed by atoms with Crippen LogP contribution in [0.2, 0.25) is 0 Å². The lowest BCUT2D eigenvalue weighted by molar-refractivity contribution is -0.120. The number of hydrogen-bond acceptors (Lipinski definition) is 3. The van der Waals surface area contributed by atoms with Crippen molar-refractivity contribution in [3.8, 4) is 0 Å². The first-order chi connectivity index (χ1) is 12.2. The predicted octanol–water partition coefficient (Wildman–Crippen LogP) is 4.45. The molecule has 2 heterocycles. The molecule has 0 radical (unpaired) electrons. The van der Waals surface area contributed by atoms with Crippen molar-refractivity contribution in [2.24, 2.45) is 0 Å². The van der Waals surface area contributed by atoms with Crippen molar-refractivity contribution < 1.29 is 9.59 Å². The first kappa shape index (κ1) is 15.8. The van der Waals surface area contributed by atoms with E-state index in [1.54, 1.807) is 23.5 Å². The highest BCUT2D eigenvalue weighted by atomic mass is 32.1. The van der Waals surface area contributed by atoms with E-state index in [0.717, 1.165) is 16.1 Å². The van der Waals surface area contributed by atoms with Crippen molar-refractivity contribution >= 4 is 28.7 Å². The Morgan fingerprint density at radius 1 is 0.960 bits per heavy atom. The number of amides is 1. The summed E-state index contributed by atoms with van der Waals surface area (Å²) < 4.78 is 0. The van der Waals surface area contributed by atoms with Gasteiger partial charge in [0.2, 0.25) is 5.91 Å². The number of para-hydroxylation sites is 1. The smallest absolute Gasteiger partial charge is 0.235 e. The molecule has 0 saturated carbocycles. The highest BCUT2D eigenvalue weighted by molar-refractivity contribution is 7.09. The van der Waals surface area contributed by atoms with E-state index in [0.29, 0.717) is 12.0 Å². The van der Waals surface area contributed by atoms with Crippen LogP contribution >= 0.6 is 11.3 Å².